The second-order valence-electron chi connectivity index (χ2n) is 2.38. The molecule has 0 aromatic rings. The van der Waals surface area contributed by atoms with Crippen molar-refractivity contribution in [1.82, 2.24) is 5.32 Å². The van der Waals surface area contributed by atoms with Crippen LogP contribution in [0.15, 0.2) is 24.3 Å². The van der Waals surface area contributed by atoms with Crippen molar-refractivity contribution in [1.29, 1.82) is 0 Å². The lowest BCUT2D eigenvalue weighted by atomic mass is 10.2. The highest BCUT2D eigenvalue weighted by Gasteiger charge is 1.90. The van der Waals surface area contributed by atoms with Crippen LogP contribution in [0.2, 0.25) is 0 Å². The van der Waals surface area contributed by atoms with E-state index in [1.54, 1.807) is 0 Å². The molecule has 0 aliphatic rings. The summed E-state index contributed by atoms with van der Waals surface area (Å²) in [4.78, 5) is 0. The molecule has 0 radical (unpaired) electrons. The highest BCUT2D eigenvalue weighted by molar-refractivity contribution is 5.01. The lowest BCUT2D eigenvalue weighted by Crippen LogP contribution is -2.19. The van der Waals surface area contributed by atoms with E-state index in [9.17, 15) is 0 Å². The largest absolute Gasteiger partial charge is 0.317 e. The monoisotopic (exact) mass is 139 g/mol. The van der Waals surface area contributed by atoms with Gasteiger partial charge in [0.1, 0.15) is 0 Å². The van der Waals surface area contributed by atoms with Crippen molar-refractivity contribution in [3.05, 3.63) is 24.3 Å². The maximum Gasteiger partial charge on any atom is 0.00703 e. The van der Waals surface area contributed by atoms with Crippen molar-refractivity contribution in [3.63, 3.8) is 0 Å². The quantitative estimate of drug-likeness (QED) is 0.588. The molecular weight excluding hydrogens is 122 g/mol. The van der Waals surface area contributed by atoms with E-state index in [1.807, 2.05) is 26.1 Å². The van der Waals surface area contributed by atoms with Gasteiger partial charge in [0.05, 0.1) is 0 Å². The molecule has 0 bridgehead atoms. The van der Waals surface area contributed by atoms with E-state index in [4.69, 9.17) is 0 Å². The Balaban J connectivity index is 3.33. The van der Waals surface area contributed by atoms with Gasteiger partial charge >= 0.3 is 0 Å². The van der Waals surface area contributed by atoms with Gasteiger partial charge < -0.3 is 5.32 Å². The molecule has 0 heterocycles. The summed E-state index contributed by atoms with van der Waals surface area (Å²) >= 11 is 0. The zero-order valence-electron chi connectivity index (χ0n) is 7.09. The Morgan fingerprint density at radius 3 is 2.60 bits per heavy atom. The van der Waals surface area contributed by atoms with E-state index in [-0.39, 0.29) is 0 Å². The molecule has 0 spiro atoms. The van der Waals surface area contributed by atoms with Gasteiger partial charge in [-0.15, -0.1) is 0 Å². The number of allylic oxidation sites excluding steroid dienone is 3. The molecule has 1 unspecified atom stereocenters. The standard InChI is InChI=1S/C9H17N/c1-4-5-6-7-8-9(2)10-3/h4-7,9-10H,8H2,1-3H3/b5-4-,7-6-. The Morgan fingerprint density at radius 2 is 2.10 bits per heavy atom. The van der Waals surface area contributed by atoms with E-state index in [0.29, 0.717) is 6.04 Å². The van der Waals surface area contributed by atoms with Gasteiger partial charge in [-0.1, -0.05) is 24.3 Å². The fraction of sp³-hybridized carbons (Fsp3) is 0.556. The molecule has 0 fully saturated rings. The van der Waals surface area contributed by atoms with E-state index in [1.165, 1.54) is 0 Å². The van der Waals surface area contributed by atoms with Gasteiger partial charge in [0.2, 0.25) is 0 Å². The van der Waals surface area contributed by atoms with Crippen LogP contribution in [0.1, 0.15) is 20.3 Å². The average molecular weight is 139 g/mol. The van der Waals surface area contributed by atoms with Crippen LogP contribution in [0.25, 0.3) is 0 Å². The van der Waals surface area contributed by atoms with Crippen LogP contribution in [-0.2, 0) is 0 Å². The maximum absolute atomic E-state index is 3.17. The number of rotatable bonds is 4. The molecule has 0 aromatic heterocycles. The van der Waals surface area contributed by atoms with Crippen molar-refractivity contribution in [3.8, 4) is 0 Å². The molecule has 0 rings (SSSR count). The van der Waals surface area contributed by atoms with Crippen LogP contribution < -0.4 is 5.32 Å². The van der Waals surface area contributed by atoms with Crippen LogP contribution in [0.3, 0.4) is 0 Å². The predicted molar refractivity (Wildman–Crippen MR) is 47.1 cm³/mol. The second-order valence-corrected chi connectivity index (χ2v) is 2.38. The first-order chi connectivity index (χ1) is 4.81. The van der Waals surface area contributed by atoms with E-state index >= 15 is 0 Å². The molecule has 0 amide bonds. The molecule has 1 atom stereocenters. The van der Waals surface area contributed by atoms with Crippen LogP contribution in [0.4, 0.5) is 0 Å². The topological polar surface area (TPSA) is 12.0 Å². The Morgan fingerprint density at radius 1 is 1.40 bits per heavy atom. The molecule has 0 aromatic carbocycles. The van der Waals surface area contributed by atoms with Crippen molar-refractivity contribution in [2.24, 2.45) is 0 Å². The fourth-order valence-corrected chi connectivity index (χ4v) is 0.590. The third-order valence-corrected chi connectivity index (χ3v) is 1.42. The van der Waals surface area contributed by atoms with E-state index in [0.717, 1.165) is 6.42 Å². The molecule has 0 aliphatic heterocycles. The SMILES string of the molecule is C/C=C\C=C/CC(C)NC. The highest BCUT2D eigenvalue weighted by atomic mass is 14.8. The molecule has 0 aliphatic carbocycles. The summed E-state index contributed by atoms with van der Waals surface area (Å²) < 4.78 is 0. The van der Waals surface area contributed by atoms with Crippen molar-refractivity contribution in [2.45, 2.75) is 26.3 Å². The van der Waals surface area contributed by atoms with Crippen molar-refractivity contribution < 1.29 is 0 Å². The lowest BCUT2D eigenvalue weighted by molar-refractivity contribution is 0.620. The van der Waals surface area contributed by atoms with Gasteiger partial charge in [-0.3, -0.25) is 0 Å². The lowest BCUT2D eigenvalue weighted by Gasteiger charge is -2.03. The van der Waals surface area contributed by atoms with Gasteiger partial charge in [0, 0.05) is 6.04 Å². The van der Waals surface area contributed by atoms with Gasteiger partial charge in [0.15, 0.2) is 0 Å². The molecule has 10 heavy (non-hydrogen) atoms. The Labute approximate surface area is 63.8 Å². The fourth-order valence-electron chi connectivity index (χ4n) is 0.590. The molecule has 1 heteroatoms. The van der Waals surface area contributed by atoms with Crippen molar-refractivity contribution in [2.75, 3.05) is 7.05 Å². The third kappa shape index (κ3) is 5.57. The van der Waals surface area contributed by atoms with Gasteiger partial charge in [-0.25, -0.2) is 0 Å². The molecular formula is C9H17N. The zero-order chi connectivity index (χ0) is 7.82. The van der Waals surface area contributed by atoms with Gasteiger partial charge in [-0.05, 0) is 27.3 Å². The molecule has 0 saturated carbocycles. The van der Waals surface area contributed by atoms with Crippen LogP contribution in [-0.4, -0.2) is 13.1 Å². The molecule has 58 valence electrons. The normalized spacial score (nSPS) is 15.1. The number of nitrogens with one attached hydrogen (secondary N) is 1. The van der Waals surface area contributed by atoms with Crippen LogP contribution >= 0.6 is 0 Å². The third-order valence-electron chi connectivity index (χ3n) is 1.42. The minimum atomic E-state index is 0.585. The first-order valence-corrected chi connectivity index (χ1v) is 3.76. The highest BCUT2D eigenvalue weighted by Crippen LogP contribution is 1.90. The second kappa shape index (κ2) is 6.56. The summed E-state index contributed by atoms with van der Waals surface area (Å²) in [6.45, 7) is 4.19. The smallest absolute Gasteiger partial charge is 0.00703 e. The summed E-state index contributed by atoms with van der Waals surface area (Å²) in [6, 6.07) is 0.585. The number of hydrogen-bond donors (Lipinski definition) is 1. The Bertz CT molecular complexity index is 114. The minimum Gasteiger partial charge on any atom is -0.317 e. The van der Waals surface area contributed by atoms with E-state index in [2.05, 4.69) is 24.4 Å². The predicted octanol–water partition coefficient (Wildman–Crippen LogP) is 2.12. The van der Waals surface area contributed by atoms with Gasteiger partial charge in [0.25, 0.3) is 0 Å². The summed E-state index contributed by atoms with van der Waals surface area (Å²) in [5, 5.41) is 3.17. The summed E-state index contributed by atoms with van der Waals surface area (Å²) in [5.41, 5.74) is 0. The minimum absolute atomic E-state index is 0.585. The Kier molecular flexibility index (Phi) is 6.19. The zero-order valence-corrected chi connectivity index (χ0v) is 7.09. The summed E-state index contributed by atoms with van der Waals surface area (Å²) in [5.74, 6) is 0. The van der Waals surface area contributed by atoms with Crippen LogP contribution in [0.5, 0.6) is 0 Å². The van der Waals surface area contributed by atoms with Crippen LogP contribution in [0, 0.1) is 0 Å². The van der Waals surface area contributed by atoms with Crippen molar-refractivity contribution >= 4 is 0 Å². The first kappa shape index (κ1) is 9.44. The Hall–Kier alpha value is -0.560. The maximum atomic E-state index is 3.17. The summed E-state index contributed by atoms with van der Waals surface area (Å²) in [7, 11) is 1.98. The molecule has 1 N–H and O–H groups in total. The first-order valence-electron chi connectivity index (χ1n) is 3.76. The van der Waals surface area contributed by atoms with E-state index < -0.39 is 0 Å². The number of hydrogen-bond acceptors (Lipinski definition) is 1. The molecule has 0 saturated heterocycles. The average Bonchev–Trinajstić information content (AvgIpc) is 1.98. The summed E-state index contributed by atoms with van der Waals surface area (Å²) in [6.07, 6.45) is 9.42. The van der Waals surface area contributed by atoms with Gasteiger partial charge in [-0.2, -0.15) is 0 Å². The molecule has 1 nitrogen and oxygen atoms in total.